The van der Waals surface area contributed by atoms with Crippen molar-refractivity contribution in [2.75, 3.05) is 12.4 Å². The summed E-state index contributed by atoms with van der Waals surface area (Å²) in [7, 11) is 1.89. The van der Waals surface area contributed by atoms with Crippen molar-refractivity contribution >= 4 is 39.3 Å². The van der Waals surface area contributed by atoms with E-state index < -0.39 is 0 Å². The maximum absolute atomic E-state index is 4.59. The van der Waals surface area contributed by atoms with Gasteiger partial charge in [0.2, 0.25) is 0 Å². The lowest BCUT2D eigenvalue weighted by Crippen LogP contribution is -1.90. The predicted molar refractivity (Wildman–Crippen MR) is 114 cm³/mol. The van der Waals surface area contributed by atoms with Crippen molar-refractivity contribution < 1.29 is 0 Å². The van der Waals surface area contributed by atoms with Crippen LogP contribution in [0.5, 0.6) is 0 Å². The first-order valence-corrected chi connectivity index (χ1v) is 9.12. The third kappa shape index (κ3) is 2.75. The molecule has 6 heteroatoms. The normalized spacial score (nSPS) is 13.7. The minimum atomic E-state index is 0.785. The van der Waals surface area contributed by atoms with Crippen molar-refractivity contribution in [2.45, 2.75) is 6.42 Å². The predicted octanol–water partition coefficient (Wildman–Crippen LogP) is 4.59. The molecule has 0 atom stereocenters. The lowest BCUT2D eigenvalue weighted by molar-refractivity contribution is 1.10. The molecule has 4 aromatic rings. The molecule has 4 heterocycles. The summed E-state index contributed by atoms with van der Waals surface area (Å²) in [4.78, 5) is 13.2. The van der Waals surface area contributed by atoms with Crippen LogP contribution in [0.1, 0.15) is 12.1 Å². The van der Waals surface area contributed by atoms with Gasteiger partial charge in [0.15, 0.2) is 0 Å². The molecular weight excluding hydrogens is 348 g/mol. The Morgan fingerprint density at radius 3 is 2.96 bits per heavy atom. The number of nitrogens with zero attached hydrogens (tertiary/aromatic N) is 4. The zero-order valence-electron chi connectivity index (χ0n) is 15.3. The van der Waals surface area contributed by atoms with E-state index >= 15 is 0 Å². The fourth-order valence-electron chi connectivity index (χ4n) is 3.50. The number of nitrogens with one attached hydrogen (secondary N) is 2. The number of anilines is 1. The Bertz CT molecular complexity index is 1280. The third-order valence-electron chi connectivity index (χ3n) is 4.92. The van der Waals surface area contributed by atoms with E-state index in [0.29, 0.717) is 0 Å². The first-order chi connectivity index (χ1) is 13.8. The summed E-state index contributed by atoms with van der Waals surface area (Å²) in [5.74, 6) is 0. The summed E-state index contributed by atoms with van der Waals surface area (Å²) in [5.41, 5.74) is 6.95. The summed E-state index contributed by atoms with van der Waals surface area (Å²) >= 11 is 0. The Morgan fingerprint density at radius 2 is 2.04 bits per heavy atom. The molecular formula is C22H18N6. The summed E-state index contributed by atoms with van der Waals surface area (Å²) < 4.78 is 0. The number of rotatable bonds is 3. The van der Waals surface area contributed by atoms with Crippen LogP contribution in [0.2, 0.25) is 0 Å². The van der Waals surface area contributed by atoms with Crippen molar-refractivity contribution in [3.8, 4) is 11.1 Å². The molecule has 28 heavy (non-hydrogen) atoms. The highest BCUT2D eigenvalue weighted by Crippen LogP contribution is 2.33. The van der Waals surface area contributed by atoms with Crippen LogP contribution in [-0.2, 0) is 0 Å². The molecule has 0 amide bonds. The van der Waals surface area contributed by atoms with Crippen molar-refractivity contribution in [1.29, 1.82) is 0 Å². The van der Waals surface area contributed by atoms with Crippen LogP contribution in [0.25, 0.3) is 38.5 Å². The number of aliphatic imine (C=N–C) groups is 1. The van der Waals surface area contributed by atoms with Crippen molar-refractivity contribution in [2.24, 2.45) is 4.99 Å². The molecule has 136 valence electrons. The number of aromatic nitrogens is 4. The van der Waals surface area contributed by atoms with E-state index in [-0.39, 0.29) is 0 Å². The van der Waals surface area contributed by atoms with E-state index in [1.54, 1.807) is 0 Å². The molecule has 0 unspecified atom stereocenters. The van der Waals surface area contributed by atoms with Gasteiger partial charge in [-0.15, -0.1) is 0 Å². The van der Waals surface area contributed by atoms with E-state index in [4.69, 9.17) is 0 Å². The number of aromatic amines is 1. The molecule has 6 nitrogen and oxygen atoms in total. The molecule has 0 bridgehead atoms. The zero-order valence-corrected chi connectivity index (χ0v) is 15.3. The molecule has 0 saturated heterocycles. The van der Waals surface area contributed by atoms with Gasteiger partial charge in [-0.1, -0.05) is 12.1 Å². The standard InChI is InChI=1S/C22H18N6/c1-23-17-9-16(11-25-12-17)15-4-5-19-18(10-15)21-20(13-26-19)27-28-22(21)14-3-2-7-24-8-6-14/h3-13,23H,2H2,1H3,(H,27,28). The highest BCUT2D eigenvalue weighted by molar-refractivity contribution is 6.10. The molecule has 0 spiro atoms. The van der Waals surface area contributed by atoms with Crippen LogP contribution >= 0.6 is 0 Å². The maximum atomic E-state index is 4.59. The van der Waals surface area contributed by atoms with Crippen LogP contribution in [0.3, 0.4) is 0 Å². The second-order valence-electron chi connectivity index (χ2n) is 6.61. The number of pyridine rings is 2. The van der Waals surface area contributed by atoms with Crippen LogP contribution < -0.4 is 5.32 Å². The van der Waals surface area contributed by atoms with E-state index in [2.05, 4.69) is 54.7 Å². The van der Waals surface area contributed by atoms with Crippen LogP contribution in [-0.4, -0.2) is 33.4 Å². The average molecular weight is 366 g/mol. The number of hydrogen-bond acceptors (Lipinski definition) is 5. The van der Waals surface area contributed by atoms with Gasteiger partial charge < -0.3 is 5.32 Å². The Morgan fingerprint density at radius 1 is 1.07 bits per heavy atom. The number of fused-ring (bicyclic) bond motifs is 3. The quantitative estimate of drug-likeness (QED) is 0.556. The van der Waals surface area contributed by atoms with E-state index in [0.717, 1.165) is 56.3 Å². The van der Waals surface area contributed by atoms with Gasteiger partial charge in [-0.25, -0.2) is 0 Å². The lowest BCUT2D eigenvalue weighted by atomic mass is 10.00. The number of hydrogen-bond donors (Lipinski definition) is 2. The Kier molecular flexibility index (Phi) is 3.94. The van der Waals surface area contributed by atoms with Crippen molar-refractivity contribution in [3.05, 3.63) is 66.9 Å². The molecule has 1 aromatic carbocycles. The van der Waals surface area contributed by atoms with Gasteiger partial charge in [-0.3, -0.25) is 20.1 Å². The third-order valence-corrected chi connectivity index (χ3v) is 4.92. The molecule has 1 aliphatic heterocycles. The fourth-order valence-corrected chi connectivity index (χ4v) is 3.50. The Hall–Kier alpha value is -3.80. The molecule has 3 aromatic heterocycles. The number of benzene rings is 1. The smallest absolute Gasteiger partial charge is 0.100 e. The van der Waals surface area contributed by atoms with E-state index in [1.165, 1.54) is 0 Å². The van der Waals surface area contributed by atoms with Crippen LogP contribution in [0.4, 0.5) is 5.69 Å². The molecule has 0 aliphatic carbocycles. The maximum Gasteiger partial charge on any atom is 0.100 e. The minimum absolute atomic E-state index is 0.785. The SMILES string of the molecule is CNc1cncc(-c2ccc3ncc4[nH]nc(C5=CCC=NC=C5)c4c3c2)c1. The summed E-state index contributed by atoms with van der Waals surface area (Å²) in [6.45, 7) is 0. The van der Waals surface area contributed by atoms with Crippen LogP contribution in [0, 0.1) is 0 Å². The van der Waals surface area contributed by atoms with Gasteiger partial charge in [0, 0.05) is 60.2 Å². The largest absolute Gasteiger partial charge is 0.387 e. The average Bonchev–Trinajstić information content (AvgIpc) is 3.00. The summed E-state index contributed by atoms with van der Waals surface area (Å²) in [5, 5.41) is 13.0. The van der Waals surface area contributed by atoms with Crippen molar-refractivity contribution in [1.82, 2.24) is 20.2 Å². The summed E-state index contributed by atoms with van der Waals surface area (Å²) in [6.07, 6.45) is 14.1. The van der Waals surface area contributed by atoms with E-state index in [9.17, 15) is 0 Å². The van der Waals surface area contributed by atoms with E-state index in [1.807, 2.05) is 50.2 Å². The van der Waals surface area contributed by atoms with Gasteiger partial charge in [-0.05, 0) is 29.8 Å². The molecule has 0 fully saturated rings. The molecule has 1 aliphatic rings. The second kappa shape index (κ2) is 6.74. The Balaban J connectivity index is 1.74. The van der Waals surface area contributed by atoms with Gasteiger partial charge >= 0.3 is 0 Å². The highest BCUT2D eigenvalue weighted by atomic mass is 15.1. The molecule has 5 rings (SSSR count). The lowest BCUT2D eigenvalue weighted by Gasteiger charge is -2.07. The van der Waals surface area contributed by atoms with Gasteiger partial charge in [0.1, 0.15) is 5.69 Å². The second-order valence-corrected chi connectivity index (χ2v) is 6.61. The fraction of sp³-hybridized carbons (Fsp3) is 0.0909. The van der Waals surface area contributed by atoms with Crippen LogP contribution in [0.15, 0.2) is 66.2 Å². The summed E-state index contributed by atoms with van der Waals surface area (Å²) in [6, 6.07) is 8.38. The monoisotopic (exact) mass is 366 g/mol. The van der Waals surface area contributed by atoms with Gasteiger partial charge in [-0.2, -0.15) is 5.10 Å². The first-order valence-electron chi connectivity index (χ1n) is 9.12. The van der Waals surface area contributed by atoms with Gasteiger partial charge in [0.25, 0.3) is 0 Å². The minimum Gasteiger partial charge on any atom is -0.387 e. The highest BCUT2D eigenvalue weighted by Gasteiger charge is 2.14. The van der Waals surface area contributed by atoms with Gasteiger partial charge in [0.05, 0.1) is 22.9 Å². The topological polar surface area (TPSA) is 78.9 Å². The number of allylic oxidation sites excluding steroid dienone is 3. The zero-order chi connectivity index (χ0) is 18.9. The number of H-pyrrole nitrogens is 1. The molecule has 0 saturated carbocycles. The molecule has 0 radical (unpaired) electrons. The molecule has 2 N–H and O–H groups in total. The first kappa shape index (κ1) is 16.4. The van der Waals surface area contributed by atoms with Crippen molar-refractivity contribution in [3.63, 3.8) is 0 Å². The Labute approximate surface area is 161 Å².